The van der Waals surface area contributed by atoms with E-state index in [0.717, 1.165) is 75.6 Å². The van der Waals surface area contributed by atoms with Gasteiger partial charge < -0.3 is 0 Å². The summed E-state index contributed by atoms with van der Waals surface area (Å²) < 4.78 is 22.3. The van der Waals surface area contributed by atoms with Crippen molar-refractivity contribution in [3.8, 4) is 0 Å². The van der Waals surface area contributed by atoms with Crippen LogP contribution in [0.15, 0.2) is 10.7 Å². The normalized spacial score (nSPS) is 32.6. The predicted octanol–water partition coefficient (Wildman–Crippen LogP) is 6.02. The topological polar surface area (TPSA) is 80.9 Å². The summed E-state index contributed by atoms with van der Waals surface area (Å²) in [5, 5.41) is 7.53. The van der Waals surface area contributed by atoms with Crippen molar-refractivity contribution < 1.29 is 13.7 Å². The van der Waals surface area contributed by atoms with Crippen LogP contribution >= 0.6 is 0 Å². The monoisotopic (exact) mass is 616 g/mol. The number of rotatable bonds is 6. The molecule has 37 heavy (non-hydrogen) atoms. The van der Waals surface area contributed by atoms with Crippen LogP contribution < -0.4 is 8.90 Å². The molecule has 6 nitrogen and oxygen atoms in total. The fourth-order valence-electron chi connectivity index (χ4n) is 7.46. The number of hydrogen-bond acceptors (Lipinski definition) is 5. The van der Waals surface area contributed by atoms with Crippen LogP contribution in [0.1, 0.15) is 95.8 Å². The maximum absolute atomic E-state index is 15.3. The summed E-state index contributed by atoms with van der Waals surface area (Å²) in [5.74, 6) is 1.77. The Labute approximate surface area is 223 Å². The van der Waals surface area contributed by atoms with Gasteiger partial charge in [-0.1, -0.05) is 0 Å². The number of nitrogens with one attached hydrogen (secondary N) is 1. The molecule has 0 atom stereocenters. The van der Waals surface area contributed by atoms with Crippen molar-refractivity contribution in [2.24, 2.45) is 16.7 Å². The zero-order valence-electron chi connectivity index (χ0n) is 23.3. The van der Waals surface area contributed by atoms with Crippen LogP contribution in [0.2, 0.25) is 14.8 Å². The molecule has 8 rings (SSSR count). The molecular weight excluding hydrogens is 574 g/mol. The molecule has 2 aromatic rings. The molecule has 200 valence electrons. The van der Waals surface area contributed by atoms with Gasteiger partial charge in [0.25, 0.3) is 0 Å². The number of pyridine rings is 1. The van der Waals surface area contributed by atoms with Crippen LogP contribution in [0.25, 0.3) is 0 Å². The third-order valence-corrected chi connectivity index (χ3v) is 16.0. The van der Waals surface area contributed by atoms with Crippen LogP contribution in [0.3, 0.4) is 0 Å². The predicted molar refractivity (Wildman–Crippen MR) is 144 cm³/mol. The van der Waals surface area contributed by atoms with Gasteiger partial charge in [-0.2, -0.15) is 0 Å². The quantitative estimate of drug-likeness (QED) is 0.318. The first-order chi connectivity index (χ1) is 17.2. The molecule has 4 bridgehead atoms. The van der Waals surface area contributed by atoms with E-state index in [2.05, 4.69) is 51.0 Å². The fourth-order valence-corrected chi connectivity index (χ4v) is 11.9. The van der Waals surface area contributed by atoms with Crippen molar-refractivity contribution in [2.75, 3.05) is 5.32 Å². The van der Waals surface area contributed by atoms with E-state index in [1.54, 1.807) is 6.20 Å². The number of hydrogen-bond donors (Lipinski definition) is 1. The molecule has 6 aliphatic carbocycles. The van der Waals surface area contributed by atoms with Crippen molar-refractivity contribution in [2.45, 2.75) is 111 Å². The Morgan fingerprint density at radius 2 is 1.73 bits per heavy atom. The number of amides is 1. The molecule has 0 unspecified atom stereocenters. The maximum atomic E-state index is 15.3. The van der Waals surface area contributed by atoms with Gasteiger partial charge in [0.2, 0.25) is 0 Å². The van der Waals surface area contributed by atoms with E-state index in [1.165, 1.54) is 3.58 Å². The van der Waals surface area contributed by atoms with Crippen LogP contribution in [0, 0.1) is 22.7 Å². The number of carbonyl (C=O) groups excluding carboxylic acids is 1. The molecule has 0 saturated heterocycles. The Bertz CT molecular complexity index is 1220. The molecule has 1 amide bonds. The molecule has 6 aliphatic rings. The molecule has 1 N–H and O–H groups in total. The van der Waals surface area contributed by atoms with Crippen molar-refractivity contribution in [1.82, 2.24) is 15.1 Å². The third-order valence-electron chi connectivity index (χ3n) is 10.2. The van der Waals surface area contributed by atoms with Gasteiger partial charge in [0.15, 0.2) is 0 Å². The minimum absolute atomic E-state index is 0.00812. The summed E-state index contributed by atoms with van der Waals surface area (Å²) in [4.78, 5) is 29.3. The van der Waals surface area contributed by atoms with Crippen molar-refractivity contribution in [3.63, 3.8) is 0 Å². The molecule has 0 aromatic carbocycles. The number of carbonyl (C=O) groups is 1. The molecule has 6 fully saturated rings. The number of halogens is 1. The van der Waals surface area contributed by atoms with E-state index in [1.807, 2.05) is 0 Å². The van der Waals surface area contributed by atoms with Crippen LogP contribution in [-0.2, 0) is 22.0 Å². The van der Waals surface area contributed by atoms with E-state index in [4.69, 9.17) is 9.51 Å². The summed E-state index contributed by atoms with van der Waals surface area (Å²) in [6, 6.07) is 0. The first kappa shape index (κ1) is 25.7. The van der Waals surface area contributed by atoms with E-state index in [-0.39, 0.29) is 27.6 Å². The molecule has 2 aromatic heterocycles. The van der Waals surface area contributed by atoms with Gasteiger partial charge in [-0.05, 0) is 0 Å². The van der Waals surface area contributed by atoms with E-state index >= 15 is 4.39 Å². The zero-order chi connectivity index (χ0) is 26.4. The van der Waals surface area contributed by atoms with Gasteiger partial charge in [0, 0.05) is 0 Å². The van der Waals surface area contributed by atoms with Gasteiger partial charge in [-0.25, -0.2) is 0 Å². The number of nitrogens with zero attached hydrogens (tertiary/aromatic N) is 3. The van der Waals surface area contributed by atoms with E-state index in [0.29, 0.717) is 17.5 Å². The van der Waals surface area contributed by atoms with E-state index < -0.39 is 24.3 Å². The second-order valence-corrected chi connectivity index (χ2v) is 29.3. The average Bonchev–Trinajstić information content (AvgIpc) is 3.26. The van der Waals surface area contributed by atoms with Crippen molar-refractivity contribution >= 4 is 33.6 Å². The minimum atomic E-state index is -2.66. The molecule has 8 heteroatoms. The molecule has 0 spiro atoms. The van der Waals surface area contributed by atoms with Crippen molar-refractivity contribution in [1.29, 1.82) is 0 Å². The van der Waals surface area contributed by atoms with Crippen molar-refractivity contribution in [3.05, 3.63) is 29.4 Å². The van der Waals surface area contributed by atoms with Gasteiger partial charge in [0.1, 0.15) is 0 Å². The Morgan fingerprint density at radius 1 is 1.11 bits per heavy atom. The Hall–Kier alpha value is -1.51. The van der Waals surface area contributed by atoms with Gasteiger partial charge in [-0.15, -0.1) is 0 Å². The zero-order valence-corrected chi connectivity index (χ0v) is 26.1. The Kier molecular flexibility index (Phi) is 5.74. The molecule has 0 aliphatic heterocycles. The molecule has 6 saturated carbocycles. The second kappa shape index (κ2) is 8.25. The first-order valence-electron chi connectivity index (χ1n) is 14.1. The summed E-state index contributed by atoms with van der Waals surface area (Å²) in [5.41, 5.74) is 1.12. The molecule has 2 heterocycles. The summed E-state index contributed by atoms with van der Waals surface area (Å²) in [6.07, 6.45) is 11.8. The van der Waals surface area contributed by atoms with Crippen LogP contribution in [0.5, 0.6) is 0 Å². The first-order valence-corrected chi connectivity index (χ1v) is 24.1. The molecular formula is C29H41FN4O2Sn. The summed E-state index contributed by atoms with van der Waals surface area (Å²) in [7, 11) is 0. The fraction of sp³-hybridized carbons (Fsp3) is 0.724. The van der Waals surface area contributed by atoms with E-state index in [9.17, 15) is 4.79 Å². The summed E-state index contributed by atoms with van der Waals surface area (Å²) in [6.45, 7) is 6.31. The van der Waals surface area contributed by atoms with Gasteiger partial charge >= 0.3 is 224 Å². The SMILES string of the molecule is CC(C)(C)c1nc(C23CCC(Cc4[c]([Sn]([CH3])([CH3])[CH3])cnc(F)c4NC(=O)C45CC(C4)C5)(CC2)CC3)no1. The number of fused-ring (bicyclic) bond motifs is 3. The third kappa shape index (κ3) is 4.17. The van der Waals surface area contributed by atoms with Gasteiger partial charge in [0.05, 0.1) is 0 Å². The number of aromatic nitrogens is 3. The average molecular weight is 615 g/mol. The van der Waals surface area contributed by atoms with Crippen LogP contribution in [0.4, 0.5) is 10.1 Å². The Morgan fingerprint density at radius 3 is 2.22 bits per heavy atom. The Balaban J connectivity index is 1.28. The van der Waals surface area contributed by atoms with Gasteiger partial charge in [-0.3, -0.25) is 0 Å². The second-order valence-electron chi connectivity index (χ2n) is 14.9. The summed E-state index contributed by atoms with van der Waals surface area (Å²) >= 11 is -2.66. The molecule has 0 radical (unpaired) electrons. The van der Waals surface area contributed by atoms with Crippen LogP contribution in [-0.4, -0.2) is 39.4 Å². The standard InChI is InChI=1S/C26H32FN4O2.3CH3.Sn/c1-23(2,3)22-30-20(31-33-22)25-8-5-24(6-9-25,7-10-25)15-17-4-11-28-19(27)18(17)29-21(32)26-12-16(13-26)14-26;;;;/h11,16H,5-10,12-15H2,1-3H3,(H,29,32);3*1H3;. The number of anilines is 1.